The van der Waals surface area contributed by atoms with Crippen molar-refractivity contribution >= 4 is 17.7 Å². The highest BCUT2D eigenvalue weighted by Gasteiger charge is 2.42. The van der Waals surface area contributed by atoms with Crippen molar-refractivity contribution in [3.63, 3.8) is 0 Å². The molecular weight excluding hydrogens is 342 g/mol. The van der Waals surface area contributed by atoms with Crippen LogP contribution in [0.3, 0.4) is 0 Å². The highest BCUT2D eigenvalue weighted by molar-refractivity contribution is 6.07. The summed E-state index contributed by atoms with van der Waals surface area (Å²) in [5.74, 6) is 0.463. The van der Waals surface area contributed by atoms with Crippen molar-refractivity contribution in [3.05, 3.63) is 46.7 Å². The van der Waals surface area contributed by atoms with Crippen LogP contribution in [0.5, 0.6) is 0 Å². The lowest BCUT2D eigenvalue weighted by molar-refractivity contribution is -0.146. The van der Waals surface area contributed by atoms with Gasteiger partial charge in [-0.05, 0) is 44.9 Å². The molecule has 2 rings (SSSR count). The molecule has 1 aromatic rings. The Labute approximate surface area is 160 Å². The fraction of sp³-hybridized carbons (Fsp3) is 0.409. The van der Waals surface area contributed by atoms with Gasteiger partial charge < -0.3 is 9.47 Å². The van der Waals surface area contributed by atoms with Crippen molar-refractivity contribution in [2.24, 2.45) is 10.9 Å². The van der Waals surface area contributed by atoms with Gasteiger partial charge in [0.25, 0.3) is 0 Å². The van der Waals surface area contributed by atoms with Crippen molar-refractivity contribution in [2.75, 3.05) is 13.2 Å². The van der Waals surface area contributed by atoms with E-state index in [1.807, 2.05) is 25.1 Å². The van der Waals surface area contributed by atoms with Gasteiger partial charge in [-0.15, -0.1) is 6.42 Å². The number of hydrogen-bond acceptors (Lipinski definition) is 5. The summed E-state index contributed by atoms with van der Waals surface area (Å²) in [5.41, 5.74) is 2.97. The third-order valence-corrected chi connectivity index (χ3v) is 4.44. The lowest BCUT2D eigenvalue weighted by Crippen LogP contribution is -2.36. The van der Waals surface area contributed by atoms with E-state index in [1.54, 1.807) is 26.8 Å². The monoisotopic (exact) mass is 367 g/mol. The molecule has 1 aliphatic heterocycles. The Hall–Kier alpha value is -2.87. The molecule has 27 heavy (non-hydrogen) atoms. The van der Waals surface area contributed by atoms with Crippen LogP contribution in [0.15, 0.2) is 40.5 Å². The van der Waals surface area contributed by atoms with Crippen molar-refractivity contribution in [3.8, 4) is 12.3 Å². The molecular formula is C22H25NO4. The van der Waals surface area contributed by atoms with E-state index in [0.29, 0.717) is 35.6 Å². The molecule has 142 valence electrons. The zero-order valence-electron chi connectivity index (χ0n) is 16.2. The first kappa shape index (κ1) is 20.4. The van der Waals surface area contributed by atoms with E-state index >= 15 is 0 Å². The number of nitrogens with zero attached hydrogens (tertiary/aromatic N) is 1. The molecule has 5 nitrogen and oxygen atoms in total. The van der Waals surface area contributed by atoms with Gasteiger partial charge in [-0.3, -0.25) is 9.79 Å². The Balaban J connectivity index is 2.62. The molecule has 2 atom stereocenters. The number of ether oxygens (including phenoxy) is 2. The fourth-order valence-corrected chi connectivity index (χ4v) is 3.29. The summed E-state index contributed by atoms with van der Waals surface area (Å²) in [6.07, 6.45) is 6.24. The van der Waals surface area contributed by atoms with Gasteiger partial charge in [0.05, 0.1) is 18.8 Å². The van der Waals surface area contributed by atoms with Crippen molar-refractivity contribution in [2.45, 2.75) is 40.0 Å². The van der Waals surface area contributed by atoms with E-state index < -0.39 is 23.8 Å². The van der Waals surface area contributed by atoms with Crippen LogP contribution in [0, 0.1) is 18.3 Å². The van der Waals surface area contributed by atoms with Gasteiger partial charge in [0.1, 0.15) is 5.92 Å². The van der Waals surface area contributed by atoms with Gasteiger partial charge in [0.15, 0.2) is 0 Å². The normalized spacial score (nSPS) is 19.1. The molecule has 2 unspecified atom stereocenters. The third-order valence-electron chi connectivity index (χ3n) is 4.44. The van der Waals surface area contributed by atoms with Crippen LogP contribution in [-0.2, 0) is 19.1 Å². The molecule has 0 fully saturated rings. The minimum absolute atomic E-state index is 0.248. The molecule has 0 aliphatic carbocycles. The molecule has 0 N–H and O–H groups in total. The molecule has 5 heteroatoms. The molecule has 1 aliphatic rings. The molecule has 0 amide bonds. The summed E-state index contributed by atoms with van der Waals surface area (Å²) in [6, 6.07) is 7.29. The second-order valence-corrected chi connectivity index (χ2v) is 6.37. The number of esters is 2. The van der Waals surface area contributed by atoms with E-state index in [9.17, 15) is 9.59 Å². The highest BCUT2D eigenvalue weighted by Crippen LogP contribution is 2.40. The predicted octanol–water partition coefficient (Wildman–Crippen LogP) is 3.63. The molecule has 0 aromatic heterocycles. The van der Waals surface area contributed by atoms with Crippen LogP contribution >= 0.6 is 0 Å². The van der Waals surface area contributed by atoms with Crippen LogP contribution in [0.4, 0.5) is 0 Å². The first-order valence-corrected chi connectivity index (χ1v) is 9.10. The largest absolute Gasteiger partial charge is 0.465 e. The molecule has 0 bridgehead atoms. The number of terminal acetylenes is 1. The average Bonchev–Trinajstić information content (AvgIpc) is 2.65. The molecule has 0 radical (unpaired) electrons. The van der Waals surface area contributed by atoms with E-state index in [1.165, 1.54) is 0 Å². The summed E-state index contributed by atoms with van der Waals surface area (Å²) >= 11 is 0. The number of aliphatic imine (C=N–C) groups is 1. The van der Waals surface area contributed by atoms with Gasteiger partial charge in [-0.1, -0.05) is 25.0 Å². The minimum Gasteiger partial charge on any atom is -0.465 e. The Kier molecular flexibility index (Phi) is 6.95. The summed E-state index contributed by atoms with van der Waals surface area (Å²) in [7, 11) is 0. The van der Waals surface area contributed by atoms with Crippen LogP contribution in [0.25, 0.3) is 0 Å². The predicted molar refractivity (Wildman–Crippen MR) is 104 cm³/mol. The van der Waals surface area contributed by atoms with Crippen LogP contribution in [0.2, 0.25) is 0 Å². The van der Waals surface area contributed by atoms with Crippen molar-refractivity contribution < 1.29 is 19.1 Å². The fourth-order valence-electron chi connectivity index (χ4n) is 3.29. The average molecular weight is 367 g/mol. The van der Waals surface area contributed by atoms with Gasteiger partial charge >= 0.3 is 11.9 Å². The highest BCUT2D eigenvalue weighted by atomic mass is 16.5. The van der Waals surface area contributed by atoms with Crippen LogP contribution in [-0.4, -0.2) is 30.9 Å². The molecule has 0 saturated heterocycles. The third kappa shape index (κ3) is 4.46. The van der Waals surface area contributed by atoms with Gasteiger partial charge in [0, 0.05) is 22.9 Å². The Bertz CT molecular complexity index is 829. The lowest BCUT2D eigenvalue weighted by atomic mass is 9.75. The van der Waals surface area contributed by atoms with Gasteiger partial charge in [0.2, 0.25) is 0 Å². The van der Waals surface area contributed by atoms with Crippen LogP contribution < -0.4 is 0 Å². The van der Waals surface area contributed by atoms with Gasteiger partial charge in [-0.2, -0.15) is 0 Å². The Morgan fingerprint density at radius 3 is 2.59 bits per heavy atom. The number of allylic oxidation sites excluding steroid dienone is 1. The zero-order valence-corrected chi connectivity index (χ0v) is 16.2. The summed E-state index contributed by atoms with van der Waals surface area (Å²) in [6.45, 7) is 7.76. The topological polar surface area (TPSA) is 65.0 Å². The standard InChI is InChI=1S/C22H25NO4/c1-6-12-27-22(25)19-15(5)23-14(4)18(21(24)26-8-3)20(19)17-11-9-10-16(7-2)13-17/h2,9-11,13,18,20H,6,8,12H2,1,3-5H3. The Morgan fingerprint density at radius 1 is 1.22 bits per heavy atom. The second kappa shape index (κ2) is 9.18. The first-order chi connectivity index (χ1) is 12.9. The maximum absolute atomic E-state index is 12.8. The smallest absolute Gasteiger partial charge is 0.336 e. The van der Waals surface area contributed by atoms with E-state index in [0.717, 1.165) is 5.56 Å². The maximum atomic E-state index is 12.8. The summed E-state index contributed by atoms with van der Waals surface area (Å²) in [5, 5.41) is 0. The van der Waals surface area contributed by atoms with Crippen LogP contribution in [0.1, 0.15) is 51.2 Å². The van der Waals surface area contributed by atoms with Gasteiger partial charge in [-0.25, -0.2) is 4.79 Å². The number of carbonyl (C=O) groups excluding carboxylic acids is 2. The molecule has 0 spiro atoms. The Morgan fingerprint density at radius 2 is 1.96 bits per heavy atom. The molecule has 1 heterocycles. The summed E-state index contributed by atoms with van der Waals surface area (Å²) < 4.78 is 10.6. The number of benzene rings is 1. The number of carbonyl (C=O) groups is 2. The van der Waals surface area contributed by atoms with E-state index in [2.05, 4.69) is 10.9 Å². The van der Waals surface area contributed by atoms with Crippen molar-refractivity contribution in [1.82, 2.24) is 0 Å². The SMILES string of the molecule is C#Cc1cccc(C2C(C(=O)OCCC)=C(C)N=C(C)C2C(=O)OCC)c1. The number of hydrogen-bond donors (Lipinski definition) is 0. The van der Waals surface area contributed by atoms with E-state index in [-0.39, 0.29) is 6.61 Å². The van der Waals surface area contributed by atoms with Crippen molar-refractivity contribution in [1.29, 1.82) is 0 Å². The lowest BCUT2D eigenvalue weighted by Gasteiger charge is -2.31. The number of rotatable bonds is 6. The quantitative estimate of drug-likeness (QED) is 0.569. The summed E-state index contributed by atoms with van der Waals surface area (Å²) in [4.78, 5) is 30.0. The zero-order chi connectivity index (χ0) is 20.0. The molecule has 0 saturated carbocycles. The second-order valence-electron chi connectivity index (χ2n) is 6.37. The first-order valence-electron chi connectivity index (χ1n) is 9.10. The van der Waals surface area contributed by atoms with E-state index in [4.69, 9.17) is 15.9 Å². The minimum atomic E-state index is -0.703. The maximum Gasteiger partial charge on any atom is 0.336 e. The molecule has 1 aromatic carbocycles.